The molecule has 3 rings (SSSR count). The third kappa shape index (κ3) is 6.84. The molecule has 0 aliphatic carbocycles. The molecule has 0 unspecified atom stereocenters. The van der Waals surface area contributed by atoms with Crippen molar-refractivity contribution in [2.45, 2.75) is 24.7 Å². The number of nitrogens with one attached hydrogen (secondary N) is 1. The highest BCUT2D eigenvalue weighted by Gasteiger charge is 2.08. The predicted molar refractivity (Wildman–Crippen MR) is 119 cm³/mol. The summed E-state index contributed by atoms with van der Waals surface area (Å²) in [5.41, 5.74) is 1.51. The van der Waals surface area contributed by atoms with Crippen molar-refractivity contribution < 1.29 is 22.7 Å². The van der Waals surface area contributed by atoms with E-state index in [4.69, 9.17) is 14.6 Å². The van der Waals surface area contributed by atoms with Crippen molar-refractivity contribution in [1.82, 2.24) is 0 Å². The van der Waals surface area contributed by atoms with E-state index < -0.39 is 10.0 Å². The van der Waals surface area contributed by atoms with E-state index in [-0.39, 0.29) is 17.2 Å². The standard InChI is InChI=1S/C23H24N2O5S/c1-2-29-19-10-12-21(13-11-19)30-20-8-6-18(7-9-20)25-23(26)16-5-17-3-14-22(15-4-17)31(24,27)28/h3-4,6-15H,2,5,16H2,1H3,(H,25,26)(H2,24,27,28). The van der Waals surface area contributed by atoms with Gasteiger partial charge in [-0.15, -0.1) is 0 Å². The molecule has 0 atom stereocenters. The summed E-state index contributed by atoms with van der Waals surface area (Å²) in [6.07, 6.45) is 0.745. The first-order chi connectivity index (χ1) is 14.8. The second kappa shape index (κ2) is 10.1. The van der Waals surface area contributed by atoms with Crippen molar-refractivity contribution in [2.75, 3.05) is 11.9 Å². The quantitative estimate of drug-likeness (QED) is 0.521. The van der Waals surface area contributed by atoms with Crippen molar-refractivity contribution >= 4 is 21.6 Å². The van der Waals surface area contributed by atoms with Crippen LogP contribution in [0, 0.1) is 0 Å². The van der Waals surface area contributed by atoms with E-state index in [1.54, 1.807) is 36.4 Å². The average molecular weight is 441 g/mol. The topological polar surface area (TPSA) is 108 Å². The lowest BCUT2D eigenvalue weighted by Crippen LogP contribution is -2.13. The maximum atomic E-state index is 12.2. The third-order valence-corrected chi connectivity index (χ3v) is 5.33. The molecule has 7 nitrogen and oxygen atoms in total. The Morgan fingerprint density at radius 3 is 1.97 bits per heavy atom. The summed E-state index contributed by atoms with van der Waals surface area (Å²) in [4.78, 5) is 12.3. The Kier molecular flexibility index (Phi) is 7.28. The van der Waals surface area contributed by atoms with Crippen molar-refractivity contribution in [1.29, 1.82) is 0 Å². The van der Waals surface area contributed by atoms with Gasteiger partial charge < -0.3 is 14.8 Å². The van der Waals surface area contributed by atoms with Crippen LogP contribution in [0.25, 0.3) is 0 Å². The monoisotopic (exact) mass is 440 g/mol. The molecule has 0 saturated heterocycles. The Labute approximate surface area is 181 Å². The number of anilines is 1. The van der Waals surface area contributed by atoms with Crippen molar-refractivity contribution in [3.63, 3.8) is 0 Å². The van der Waals surface area contributed by atoms with Crippen LogP contribution in [0.3, 0.4) is 0 Å². The van der Waals surface area contributed by atoms with E-state index in [2.05, 4.69) is 5.32 Å². The molecule has 3 aromatic carbocycles. The molecular formula is C23H24N2O5S. The predicted octanol–water partition coefficient (Wildman–Crippen LogP) is 4.10. The molecule has 8 heteroatoms. The van der Waals surface area contributed by atoms with E-state index >= 15 is 0 Å². The molecule has 0 radical (unpaired) electrons. The lowest BCUT2D eigenvalue weighted by atomic mass is 10.1. The highest BCUT2D eigenvalue weighted by atomic mass is 32.2. The summed E-state index contributed by atoms with van der Waals surface area (Å²) >= 11 is 0. The van der Waals surface area contributed by atoms with Crippen LogP contribution in [0.4, 0.5) is 5.69 Å². The number of aryl methyl sites for hydroxylation is 1. The summed E-state index contributed by atoms with van der Waals surface area (Å²) in [6, 6.07) is 20.6. The molecule has 0 fully saturated rings. The Morgan fingerprint density at radius 2 is 1.42 bits per heavy atom. The lowest BCUT2D eigenvalue weighted by molar-refractivity contribution is -0.116. The van der Waals surface area contributed by atoms with Gasteiger partial charge >= 0.3 is 0 Å². The Morgan fingerprint density at radius 1 is 0.871 bits per heavy atom. The fourth-order valence-electron chi connectivity index (χ4n) is 2.84. The highest BCUT2D eigenvalue weighted by molar-refractivity contribution is 7.89. The molecule has 0 aliphatic heterocycles. The van der Waals surface area contributed by atoms with Crippen molar-refractivity contribution in [2.24, 2.45) is 5.14 Å². The minimum atomic E-state index is -3.71. The number of amides is 1. The first kappa shape index (κ1) is 22.3. The number of primary sulfonamides is 1. The van der Waals surface area contributed by atoms with Gasteiger partial charge in [-0.25, -0.2) is 13.6 Å². The van der Waals surface area contributed by atoms with Gasteiger partial charge in [0.05, 0.1) is 11.5 Å². The number of ether oxygens (including phenoxy) is 2. The first-order valence-corrected chi connectivity index (χ1v) is 11.3. The molecule has 0 spiro atoms. The van der Waals surface area contributed by atoms with Crippen LogP contribution < -0.4 is 19.9 Å². The molecule has 31 heavy (non-hydrogen) atoms. The number of hydrogen-bond donors (Lipinski definition) is 2. The number of rotatable bonds is 9. The smallest absolute Gasteiger partial charge is 0.238 e. The average Bonchev–Trinajstić information content (AvgIpc) is 2.75. The fourth-order valence-corrected chi connectivity index (χ4v) is 3.36. The van der Waals surface area contributed by atoms with E-state index in [1.165, 1.54) is 12.1 Å². The molecule has 0 aliphatic rings. The van der Waals surface area contributed by atoms with Gasteiger partial charge in [0.25, 0.3) is 0 Å². The summed E-state index contributed by atoms with van der Waals surface area (Å²) in [7, 11) is -3.71. The minimum absolute atomic E-state index is 0.0493. The van der Waals surface area contributed by atoms with Crippen LogP contribution in [-0.4, -0.2) is 20.9 Å². The molecular weight excluding hydrogens is 416 g/mol. The zero-order chi connectivity index (χ0) is 22.3. The van der Waals surface area contributed by atoms with Crippen LogP contribution in [0.15, 0.2) is 77.7 Å². The minimum Gasteiger partial charge on any atom is -0.494 e. The van der Waals surface area contributed by atoms with Crippen LogP contribution in [-0.2, 0) is 21.2 Å². The number of hydrogen-bond acceptors (Lipinski definition) is 5. The normalized spacial score (nSPS) is 11.0. The number of nitrogens with two attached hydrogens (primary N) is 1. The number of carbonyl (C=O) groups is 1. The van der Waals surface area contributed by atoms with Crippen LogP contribution in [0.1, 0.15) is 18.9 Å². The van der Waals surface area contributed by atoms with Crippen molar-refractivity contribution in [3.05, 3.63) is 78.4 Å². The van der Waals surface area contributed by atoms with Gasteiger partial charge in [0, 0.05) is 12.1 Å². The molecule has 1 amide bonds. The second-order valence-electron chi connectivity index (χ2n) is 6.77. The largest absolute Gasteiger partial charge is 0.494 e. The van der Waals surface area contributed by atoms with Gasteiger partial charge in [-0.05, 0) is 79.6 Å². The van der Waals surface area contributed by atoms with Gasteiger partial charge in [0.2, 0.25) is 15.9 Å². The number of benzene rings is 3. The molecule has 162 valence electrons. The molecule has 0 bridgehead atoms. The molecule has 3 aromatic rings. The maximum Gasteiger partial charge on any atom is 0.238 e. The SMILES string of the molecule is CCOc1ccc(Oc2ccc(NC(=O)CCc3ccc(S(N)(=O)=O)cc3)cc2)cc1. The molecule has 3 N–H and O–H groups in total. The fraction of sp³-hybridized carbons (Fsp3) is 0.174. The second-order valence-corrected chi connectivity index (χ2v) is 8.33. The first-order valence-electron chi connectivity index (χ1n) is 9.76. The summed E-state index contributed by atoms with van der Waals surface area (Å²) in [5, 5.41) is 7.91. The summed E-state index contributed by atoms with van der Waals surface area (Å²) in [6.45, 7) is 2.54. The third-order valence-electron chi connectivity index (χ3n) is 4.40. The van der Waals surface area contributed by atoms with E-state index in [9.17, 15) is 13.2 Å². The van der Waals surface area contributed by atoms with Crippen LogP contribution >= 0.6 is 0 Å². The van der Waals surface area contributed by atoms with Crippen molar-refractivity contribution in [3.8, 4) is 17.2 Å². The van der Waals surface area contributed by atoms with Gasteiger partial charge in [-0.1, -0.05) is 12.1 Å². The maximum absolute atomic E-state index is 12.2. The van der Waals surface area contributed by atoms with Gasteiger partial charge in [-0.2, -0.15) is 0 Å². The Bertz CT molecular complexity index is 1110. The Balaban J connectivity index is 1.49. The number of carbonyl (C=O) groups excluding carboxylic acids is 1. The molecule has 0 heterocycles. The zero-order valence-electron chi connectivity index (χ0n) is 17.1. The van der Waals surface area contributed by atoms with Gasteiger partial charge in [0.15, 0.2) is 0 Å². The summed E-state index contributed by atoms with van der Waals surface area (Å²) in [5.74, 6) is 1.98. The lowest BCUT2D eigenvalue weighted by Gasteiger charge is -2.09. The molecule has 0 saturated carbocycles. The zero-order valence-corrected chi connectivity index (χ0v) is 17.9. The Hall–Kier alpha value is -3.36. The van der Waals surface area contributed by atoms with Gasteiger partial charge in [0.1, 0.15) is 17.2 Å². The van der Waals surface area contributed by atoms with E-state index in [1.807, 2.05) is 31.2 Å². The number of sulfonamides is 1. The van der Waals surface area contributed by atoms with Gasteiger partial charge in [-0.3, -0.25) is 4.79 Å². The van der Waals surface area contributed by atoms with Crippen LogP contribution in [0.5, 0.6) is 17.2 Å². The summed E-state index contributed by atoms with van der Waals surface area (Å²) < 4.78 is 33.7. The van der Waals surface area contributed by atoms with E-state index in [0.717, 1.165) is 11.3 Å². The van der Waals surface area contributed by atoms with Crippen LogP contribution in [0.2, 0.25) is 0 Å². The van der Waals surface area contributed by atoms with E-state index in [0.29, 0.717) is 30.2 Å². The molecule has 0 aromatic heterocycles. The highest BCUT2D eigenvalue weighted by Crippen LogP contribution is 2.25.